The molecule has 0 saturated heterocycles. The SMILES string of the molecule is COc1ccc(S(=O)(=O)N[C@@H]2CCCC[C@H]2O)cc1Br. The highest BCUT2D eigenvalue weighted by Crippen LogP contribution is 2.28. The molecule has 1 aromatic rings. The van der Waals surface area contributed by atoms with Crippen molar-refractivity contribution in [2.45, 2.75) is 42.7 Å². The first-order chi connectivity index (χ1) is 9.44. The van der Waals surface area contributed by atoms with Crippen molar-refractivity contribution in [1.82, 2.24) is 4.72 Å². The number of hydrogen-bond donors (Lipinski definition) is 2. The molecule has 0 aliphatic heterocycles. The summed E-state index contributed by atoms with van der Waals surface area (Å²) in [5.41, 5.74) is 0. The van der Waals surface area contributed by atoms with Gasteiger partial charge in [-0.05, 0) is 47.0 Å². The van der Waals surface area contributed by atoms with Crippen LogP contribution in [-0.2, 0) is 10.0 Å². The predicted molar refractivity (Wildman–Crippen MR) is 79.3 cm³/mol. The molecular formula is C13H18BrNO4S. The summed E-state index contributed by atoms with van der Waals surface area (Å²) in [5, 5.41) is 9.86. The first-order valence-electron chi connectivity index (χ1n) is 6.48. The summed E-state index contributed by atoms with van der Waals surface area (Å²) < 4.78 is 32.9. The van der Waals surface area contributed by atoms with Crippen molar-refractivity contribution in [1.29, 1.82) is 0 Å². The van der Waals surface area contributed by atoms with Crippen molar-refractivity contribution in [2.24, 2.45) is 0 Å². The molecule has 20 heavy (non-hydrogen) atoms. The van der Waals surface area contributed by atoms with Gasteiger partial charge < -0.3 is 9.84 Å². The fourth-order valence-electron chi connectivity index (χ4n) is 2.33. The number of halogens is 1. The maximum absolute atomic E-state index is 12.3. The highest BCUT2D eigenvalue weighted by atomic mass is 79.9. The lowest BCUT2D eigenvalue weighted by atomic mass is 9.93. The third-order valence-corrected chi connectivity index (χ3v) is 5.58. The molecule has 1 fully saturated rings. The zero-order valence-electron chi connectivity index (χ0n) is 11.2. The Labute approximate surface area is 127 Å². The number of nitrogens with one attached hydrogen (secondary N) is 1. The predicted octanol–water partition coefficient (Wildman–Crippen LogP) is 2.04. The summed E-state index contributed by atoms with van der Waals surface area (Å²) in [4.78, 5) is 0.156. The van der Waals surface area contributed by atoms with E-state index in [9.17, 15) is 13.5 Å². The molecule has 2 rings (SSSR count). The molecule has 2 atom stereocenters. The topological polar surface area (TPSA) is 75.6 Å². The lowest BCUT2D eigenvalue weighted by molar-refractivity contribution is 0.101. The van der Waals surface area contributed by atoms with Gasteiger partial charge in [0, 0.05) is 6.04 Å². The average Bonchev–Trinajstić information content (AvgIpc) is 2.41. The fraction of sp³-hybridized carbons (Fsp3) is 0.538. The van der Waals surface area contributed by atoms with Crippen LogP contribution in [-0.4, -0.2) is 32.8 Å². The lowest BCUT2D eigenvalue weighted by Gasteiger charge is -2.28. The number of ether oxygens (including phenoxy) is 1. The highest BCUT2D eigenvalue weighted by Gasteiger charge is 2.28. The Morgan fingerprint density at radius 1 is 1.35 bits per heavy atom. The van der Waals surface area contributed by atoms with Crippen molar-refractivity contribution < 1.29 is 18.3 Å². The van der Waals surface area contributed by atoms with Gasteiger partial charge in [0.2, 0.25) is 10.0 Å². The van der Waals surface area contributed by atoms with Crippen molar-refractivity contribution in [3.63, 3.8) is 0 Å². The Bertz CT molecular complexity index is 576. The van der Waals surface area contributed by atoms with E-state index in [0.717, 1.165) is 12.8 Å². The Morgan fingerprint density at radius 2 is 2.05 bits per heavy atom. The van der Waals surface area contributed by atoms with Crippen LogP contribution < -0.4 is 9.46 Å². The van der Waals surface area contributed by atoms with Crippen LogP contribution in [0.5, 0.6) is 5.75 Å². The second kappa shape index (κ2) is 6.43. The minimum Gasteiger partial charge on any atom is -0.496 e. The Hall–Kier alpha value is -0.630. The van der Waals surface area contributed by atoms with Gasteiger partial charge in [-0.1, -0.05) is 12.8 Å². The third kappa shape index (κ3) is 3.52. The number of sulfonamides is 1. The molecule has 0 bridgehead atoms. The highest BCUT2D eigenvalue weighted by molar-refractivity contribution is 9.10. The van der Waals surface area contributed by atoms with Gasteiger partial charge in [-0.3, -0.25) is 0 Å². The van der Waals surface area contributed by atoms with E-state index in [0.29, 0.717) is 23.1 Å². The molecular weight excluding hydrogens is 346 g/mol. The van der Waals surface area contributed by atoms with E-state index in [1.807, 2.05) is 0 Å². The van der Waals surface area contributed by atoms with Gasteiger partial charge in [-0.25, -0.2) is 13.1 Å². The van der Waals surface area contributed by atoms with E-state index in [2.05, 4.69) is 20.7 Å². The van der Waals surface area contributed by atoms with Crippen LogP contribution in [0.1, 0.15) is 25.7 Å². The smallest absolute Gasteiger partial charge is 0.240 e. The summed E-state index contributed by atoms with van der Waals surface area (Å²) in [6.07, 6.45) is 2.56. The van der Waals surface area contributed by atoms with Crippen LogP contribution in [0.3, 0.4) is 0 Å². The molecule has 7 heteroatoms. The summed E-state index contributed by atoms with van der Waals surface area (Å²) in [7, 11) is -2.12. The molecule has 0 amide bonds. The van der Waals surface area contributed by atoms with Crippen molar-refractivity contribution >= 4 is 26.0 Å². The van der Waals surface area contributed by atoms with Crippen LogP contribution in [0, 0.1) is 0 Å². The van der Waals surface area contributed by atoms with Gasteiger partial charge in [0.1, 0.15) is 5.75 Å². The Kier molecular flexibility index (Phi) is 5.06. The standard InChI is InChI=1S/C13H18BrNO4S/c1-19-13-7-6-9(8-10(13)14)20(17,18)15-11-4-2-3-5-12(11)16/h6-8,11-12,15-16H,2-5H2,1H3/t11-,12-/m1/s1. The number of aliphatic hydroxyl groups is 1. The summed E-state index contributed by atoms with van der Waals surface area (Å²) in [6.45, 7) is 0. The van der Waals surface area contributed by atoms with Gasteiger partial charge >= 0.3 is 0 Å². The Morgan fingerprint density at radius 3 is 2.65 bits per heavy atom. The van der Waals surface area contributed by atoms with E-state index in [4.69, 9.17) is 4.74 Å². The largest absolute Gasteiger partial charge is 0.496 e. The molecule has 1 saturated carbocycles. The molecule has 5 nitrogen and oxygen atoms in total. The first-order valence-corrected chi connectivity index (χ1v) is 8.75. The van der Waals surface area contributed by atoms with Crippen molar-refractivity contribution in [2.75, 3.05) is 7.11 Å². The van der Waals surface area contributed by atoms with Crippen LogP contribution in [0.2, 0.25) is 0 Å². The van der Waals surface area contributed by atoms with E-state index < -0.39 is 22.2 Å². The maximum Gasteiger partial charge on any atom is 0.240 e. The molecule has 1 aliphatic carbocycles. The van der Waals surface area contributed by atoms with Gasteiger partial charge in [0.05, 0.1) is 22.6 Å². The monoisotopic (exact) mass is 363 g/mol. The van der Waals surface area contributed by atoms with Crippen molar-refractivity contribution in [3.8, 4) is 5.75 Å². The summed E-state index contributed by atoms with van der Waals surface area (Å²) in [5.74, 6) is 0.571. The molecule has 0 aromatic heterocycles. The molecule has 0 radical (unpaired) electrons. The zero-order valence-corrected chi connectivity index (χ0v) is 13.6. The van der Waals surface area contributed by atoms with Crippen molar-refractivity contribution in [3.05, 3.63) is 22.7 Å². The minimum absolute atomic E-state index is 0.156. The van der Waals surface area contributed by atoms with Gasteiger partial charge in [0.25, 0.3) is 0 Å². The molecule has 0 unspecified atom stereocenters. The number of hydrogen-bond acceptors (Lipinski definition) is 4. The molecule has 112 valence electrons. The van der Waals surface area contributed by atoms with Gasteiger partial charge in [-0.15, -0.1) is 0 Å². The second-order valence-electron chi connectivity index (χ2n) is 4.88. The minimum atomic E-state index is -3.64. The van der Waals surface area contributed by atoms with Crippen LogP contribution in [0.4, 0.5) is 0 Å². The fourth-order valence-corrected chi connectivity index (χ4v) is 4.35. The number of aliphatic hydroxyl groups excluding tert-OH is 1. The van der Waals surface area contributed by atoms with E-state index in [-0.39, 0.29) is 4.90 Å². The number of methoxy groups -OCH3 is 1. The molecule has 1 aliphatic rings. The first kappa shape index (κ1) is 15.8. The zero-order chi connectivity index (χ0) is 14.8. The average molecular weight is 364 g/mol. The van der Waals surface area contributed by atoms with E-state index in [1.165, 1.54) is 19.2 Å². The van der Waals surface area contributed by atoms with Crippen LogP contribution in [0.25, 0.3) is 0 Å². The van der Waals surface area contributed by atoms with E-state index in [1.54, 1.807) is 6.07 Å². The normalized spacial score (nSPS) is 23.6. The number of benzene rings is 1. The lowest BCUT2D eigenvalue weighted by Crippen LogP contribution is -2.44. The van der Waals surface area contributed by atoms with Gasteiger partial charge in [-0.2, -0.15) is 0 Å². The molecule has 1 aromatic carbocycles. The molecule has 0 spiro atoms. The third-order valence-electron chi connectivity index (χ3n) is 3.47. The maximum atomic E-state index is 12.3. The van der Waals surface area contributed by atoms with Gasteiger partial charge in [0.15, 0.2) is 0 Å². The van der Waals surface area contributed by atoms with E-state index >= 15 is 0 Å². The summed E-state index contributed by atoms with van der Waals surface area (Å²) >= 11 is 3.27. The summed E-state index contributed by atoms with van der Waals surface area (Å²) in [6, 6.07) is 4.17. The molecule has 2 N–H and O–H groups in total. The number of rotatable bonds is 4. The van der Waals surface area contributed by atoms with Crippen LogP contribution in [0.15, 0.2) is 27.6 Å². The van der Waals surface area contributed by atoms with Crippen LogP contribution >= 0.6 is 15.9 Å². The Balaban J connectivity index is 2.19. The quantitative estimate of drug-likeness (QED) is 0.858. The molecule has 0 heterocycles. The second-order valence-corrected chi connectivity index (χ2v) is 7.44.